The van der Waals surface area contributed by atoms with Gasteiger partial charge in [-0.1, -0.05) is 18.2 Å². The van der Waals surface area contributed by atoms with E-state index in [0.29, 0.717) is 0 Å². The van der Waals surface area contributed by atoms with Crippen molar-refractivity contribution in [2.24, 2.45) is 0 Å². The zero-order valence-corrected chi connectivity index (χ0v) is 10.6. The molecular formula is C13H10F3N3O2. The number of hydrogen-bond acceptors (Lipinski definition) is 4. The Labute approximate surface area is 117 Å². The molecular weight excluding hydrogens is 287 g/mol. The molecule has 0 fully saturated rings. The van der Waals surface area contributed by atoms with Crippen molar-refractivity contribution in [3.63, 3.8) is 0 Å². The van der Waals surface area contributed by atoms with E-state index in [1.165, 1.54) is 30.5 Å². The Balaban J connectivity index is 2.17. The number of nitrogens with zero attached hydrogens (tertiary/aromatic N) is 2. The van der Waals surface area contributed by atoms with Crippen LogP contribution in [-0.2, 0) is 12.7 Å². The first-order chi connectivity index (χ1) is 9.88. The highest BCUT2D eigenvalue weighted by molar-refractivity contribution is 5.85. The first-order valence-electron chi connectivity index (χ1n) is 5.83. The van der Waals surface area contributed by atoms with Crippen LogP contribution in [-0.4, -0.2) is 21.0 Å². The molecule has 0 aliphatic heterocycles. The zero-order chi connectivity index (χ0) is 15.5. The van der Waals surface area contributed by atoms with Crippen molar-refractivity contribution in [2.75, 3.05) is 5.32 Å². The lowest BCUT2D eigenvalue weighted by Crippen LogP contribution is -2.13. The number of benzene rings is 1. The number of halogens is 3. The molecule has 0 saturated carbocycles. The van der Waals surface area contributed by atoms with Crippen LogP contribution in [0.5, 0.6) is 0 Å². The highest BCUT2D eigenvalue weighted by atomic mass is 19.4. The molecule has 0 saturated heterocycles. The molecule has 1 aromatic carbocycles. The second-order valence-corrected chi connectivity index (χ2v) is 4.08. The molecule has 2 aromatic rings. The molecule has 2 N–H and O–H groups in total. The molecule has 2 rings (SSSR count). The van der Waals surface area contributed by atoms with E-state index in [1.807, 2.05) is 0 Å². The highest BCUT2D eigenvalue weighted by Gasteiger charge is 2.32. The van der Waals surface area contributed by atoms with Gasteiger partial charge < -0.3 is 10.4 Å². The van der Waals surface area contributed by atoms with E-state index in [4.69, 9.17) is 5.11 Å². The van der Waals surface area contributed by atoms with Crippen molar-refractivity contribution in [1.29, 1.82) is 0 Å². The van der Waals surface area contributed by atoms with Gasteiger partial charge in [0.1, 0.15) is 0 Å². The lowest BCUT2D eigenvalue weighted by molar-refractivity contribution is -0.138. The largest absolute Gasteiger partial charge is 0.477 e. The molecule has 110 valence electrons. The minimum absolute atomic E-state index is 0.0225. The van der Waals surface area contributed by atoms with Crippen LogP contribution in [0.1, 0.15) is 21.6 Å². The molecule has 0 aliphatic rings. The van der Waals surface area contributed by atoms with Crippen LogP contribution >= 0.6 is 0 Å². The summed E-state index contributed by atoms with van der Waals surface area (Å²) in [5, 5.41) is 11.4. The third-order valence-electron chi connectivity index (χ3n) is 2.63. The standard InChI is InChI=1S/C13H10F3N3O2/c14-13(15,16)9-4-2-1-3-8(9)7-18-12-17-6-5-10(19-12)11(20)21/h1-6H,7H2,(H,20,21)(H,17,18,19). The van der Waals surface area contributed by atoms with E-state index in [-0.39, 0.29) is 23.8 Å². The fourth-order valence-electron chi connectivity index (χ4n) is 1.69. The monoisotopic (exact) mass is 297 g/mol. The number of hydrogen-bond donors (Lipinski definition) is 2. The molecule has 8 heteroatoms. The molecule has 0 spiro atoms. The fraction of sp³-hybridized carbons (Fsp3) is 0.154. The van der Waals surface area contributed by atoms with Gasteiger partial charge >= 0.3 is 12.1 Å². The van der Waals surface area contributed by atoms with Gasteiger partial charge in [0, 0.05) is 12.7 Å². The van der Waals surface area contributed by atoms with Crippen molar-refractivity contribution in [2.45, 2.75) is 12.7 Å². The quantitative estimate of drug-likeness (QED) is 0.907. The summed E-state index contributed by atoms with van der Waals surface area (Å²) < 4.78 is 38.4. The van der Waals surface area contributed by atoms with Crippen LogP contribution in [0.3, 0.4) is 0 Å². The molecule has 0 unspecified atom stereocenters. The van der Waals surface area contributed by atoms with E-state index >= 15 is 0 Å². The number of carboxylic acid groups (broad SMARTS) is 1. The Hall–Kier alpha value is -2.64. The summed E-state index contributed by atoms with van der Waals surface area (Å²) in [6.45, 7) is -0.168. The van der Waals surface area contributed by atoms with Crippen molar-refractivity contribution in [3.8, 4) is 0 Å². The van der Waals surface area contributed by atoms with E-state index < -0.39 is 17.7 Å². The van der Waals surface area contributed by atoms with Crippen LogP contribution < -0.4 is 5.32 Å². The maximum absolute atomic E-state index is 12.8. The van der Waals surface area contributed by atoms with Gasteiger partial charge in [-0.3, -0.25) is 0 Å². The first kappa shape index (κ1) is 14.8. The van der Waals surface area contributed by atoms with Crippen LogP contribution in [0.4, 0.5) is 19.1 Å². The lowest BCUT2D eigenvalue weighted by Gasteiger charge is -2.13. The Morgan fingerprint density at radius 1 is 1.24 bits per heavy atom. The van der Waals surface area contributed by atoms with Crippen molar-refractivity contribution >= 4 is 11.9 Å². The predicted octanol–water partition coefficient (Wildman–Crippen LogP) is 2.81. The molecule has 1 aromatic heterocycles. The molecule has 0 radical (unpaired) electrons. The van der Waals surface area contributed by atoms with Crippen LogP contribution in [0.15, 0.2) is 36.5 Å². The Morgan fingerprint density at radius 3 is 2.62 bits per heavy atom. The zero-order valence-electron chi connectivity index (χ0n) is 10.6. The highest BCUT2D eigenvalue weighted by Crippen LogP contribution is 2.31. The lowest BCUT2D eigenvalue weighted by atomic mass is 10.1. The topological polar surface area (TPSA) is 75.1 Å². The summed E-state index contributed by atoms with van der Waals surface area (Å²) in [7, 11) is 0. The Bertz CT molecular complexity index is 659. The van der Waals surface area contributed by atoms with Gasteiger partial charge in [-0.15, -0.1) is 0 Å². The summed E-state index contributed by atoms with van der Waals surface area (Å²) in [6.07, 6.45) is -3.24. The summed E-state index contributed by atoms with van der Waals surface area (Å²) in [5.41, 5.74) is -0.974. The van der Waals surface area contributed by atoms with Gasteiger partial charge in [0.15, 0.2) is 5.69 Å². The maximum atomic E-state index is 12.8. The van der Waals surface area contributed by atoms with Crippen LogP contribution in [0.2, 0.25) is 0 Å². The van der Waals surface area contributed by atoms with Gasteiger partial charge in [-0.25, -0.2) is 14.8 Å². The Kier molecular flexibility index (Phi) is 4.06. The van der Waals surface area contributed by atoms with E-state index in [1.54, 1.807) is 0 Å². The number of carboxylic acids is 1. The van der Waals surface area contributed by atoms with Crippen LogP contribution in [0.25, 0.3) is 0 Å². The number of anilines is 1. The molecule has 1 heterocycles. The number of nitrogens with one attached hydrogen (secondary N) is 1. The normalized spacial score (nSPS) is 11.2. The molecule has 0 atom stereocenters. The second kappa shape index (κ2) is 5.78. The third kappa shape index (κ3) is 3.68. The summed E-state index contributed by atoms with van der Waals surface area (Å²) in [4.78, 5) is 18.2. The predicted molar refractivity (Wildman–Crippen MR) is 67.8 cm³/mol. The molecule has 5 nitrogen and oxygen atoms in total. The number of alkyl halides is 3. The number of rotatable bonds is 4. The number of aromatic nitrogens is 2. The minimum Gasteiger partial charge on any atom is -0.477 e. The third-order valence-corrected chi connectivity index (χ3v) is 2.63. The van der Waals surface area contributed by atoms with Crippen molar-refractivity contribution in [1.82, 2.24) is 9.97 Å². The van der Waals surface area contributed by atoms with E-state index in [9.17, 15) is 18.0 Å². The molecule has 0 aliphatic carbocycles. The maximum Gasteiger partial charge on any atom is 0.416 e. The van der Waals surface area contributed by atoms with Gasteiger partial charge in [-0.05, 0) is 17.7 Å². The second-order valence-electron chi connectivity index (χ2n) is 4.08. The fourth-order valence-corrected chi connectivity index (χ4v) is 1.69. The first-order valence-corrected chi connectivity index (χ1v) is 5.83. The van der Waals surface area contributed by atoms with Crippen LogP contribution in [0, 0.1) is 0 Å². The van der Waals surface area contributed by atoms with Gasteiger partial charge in [0.25, 0.3) is 0 Å². The number of aromatic carboxylic acids is 1. The van der Waals surface area contributed by atoms with E-state index in [0.717, 1.165) is 6.07 Å². The molecule has 0 amide bonds. The average Bonchev–Trinajstić information content (AvgIpc) is 2.45. The summed E-state index contributed by atoms with van der Waals surface area (Å²) in [6, 6.07) is 6.29. The van der Waals surface area contributed by atoms with Gasteiger partial charge in [-0.2, -0.15) is 13.2 Å². The SMILES string of the molecule is O=C(O)c1ccnc(NCc2ccccc2C(F)(F)F)n1. The summed E-state index contributed by atoms with van der Waals surface area (Å²) >= 11 is 0. The number of carbonyl (C=O) groups is 1. The smallest absolute Gasteiger partial charge is 0.416 e. The van der Waals surface area contributed by atoms with Gasteiger partial charge in [0.2, 0.25) is 5.95 Å². The summed E-state index contributed by atoms with van der Waals surface area (Å²) in [5.74, 6) is -1.29. The Morgan fingerprint density at radius 2 is 1.95 bits per heavy atom. The average molecular weight is 297 g/mol. The molecule has 0 bridgehead atoms. The molecule has 21 heavy (non-hydrogen) atoms. The minimum atomic E-state index is -4.46. The van der Waals surface area contributed by atoms with Gasteiger partial charge in [0.05, 0.1) is 5.56 Å². The van der Waals surface area contributed by atoms with Crippen molar-refractivity contribution in [3.05, 3.63) is 53.3 Å². The van der Waals surface area contributed by atoms with E-state index in [2.05, 4.69) is 15.3 Å². The van der Waals surface area contributed by atoms with Crippen molar-refractivity contribution < 1.29 is 23.1 Å².